The van der Waals surface area contributed by atoms with E-state index >= 15 is 0 Å². The number of nitrogen functional groups attached to an aromatic ring is 1. The fourth-order valence-corrected chi connectivity index (χ4v) is 2.98. The Balaban J connectivity index is 2.03. The van der Waals surface area contributed by atoms with E-state index in [2.05, 4.69) is 26.4 Å². The number of nitrogens with two attached hydrogens (primary N) is 1. The van der Waals surface area contributed by atoms with Crippen molar-refractivity contribution in [2.75, 3.05) is 32.5 Å². The Hall–Kier alpha value is -1.82. The third-order valence-corrected chi connectivity index (χ3v) is 4.04. The number of pyridine rings is 1. The Morgan fingerprint density at radius 2 is 2.25 bits per heavy atom. The Kier molecular flexibility index (Phi) is 3.48. The van der Waals surface area contributed by atoms with Crippen LogP contribution < -0.4 is 10.5 Å². The number of anilines is 1. The van der Waals surface area contributed by atoms with E-state index in [1.54, 1.807) is 7.11 Å². The zero-order chi connectivity index (χ0) is 14.1. The van der Waals surface area contributed by atoms with Crippen LogP contribution in [0.5, 0.6) is 5.88 Å². The Bertz CT molecular complexity index is 609. The quantitative estimate of drug-likeness (QED) is 0.923. The van der Waals surface area contributed by atoms with Gasteiger partial charge in [0.25, 0.3) is 0 Å². The minimum atomic E-state index is 0.341. The van der Waals surface area contributed by atoms with E-state index in [0.29, 0.717) is 17.9 Å². The second kappa shape index (κ2) is 5.28. The van der Waals surface area contributed by atoms with Gasteiger partial charge in [-0.1, -0.05) is 6.92 Å². The van der Waals surface area contributed by atoms with Gasteiger partial charge in [0.2, 0.25) is 11.8 Å². The van der Waals surface area contributed by atoms with Crippen LogP contribution in [0.25, 0.3) is 11.2 Å². The van der Waals surface area contributed by atoms with Gasteiger partial charge in [-0.2, -0.15) is 4.98 Å². The topological polar surface area (TPSA) is 69.2 Å². The monoisotopic (exact) mass is 275 g/mol. The van der Waals surface area contributed by atoms with Crippen LogP contribution >= 0.6 is 0 Å². The van der Waals surface area contributed by atoms with Crippen LogP contribution in [0.3, 0.4) is 0 Å². The third-order valence-electron chi connectivity index (χ3n) is 4.04. The molecule has 0 bridgehead atoms. The number of nitrogens with zero attached hydrogens (tertiary/aromatic N) is 4. The largest absolute Gasteiger partial charge is 0.481 e. The van der Waals surface area contributed by atoms with Gasteiger partial charge >= 0.3 is 0 Å². The molecule has 2 aromatic heterocycles. The van der Waals surface area contributed by atoms with Crippen LogP contribution in [0.1, 0.15) is 25.8 Å². The molecule has 0 radical (unpaired) electrons. The highest BCUT2D eigenvalue weighted by molar-refractivity contribution is 5.75. The number of ether oxygens (including phenoxy) is 1. The molecule has 3 rings (SSSR count). The highest BCUT2D eigenvalue weighted by Gasteiger charge is 2.24. The van der Waals surface area contributed by atoms with Gasteiger partial charge < -0.3 is 15.4 Å². The normalized spacial score (nSPS) is 20.4. The smallest absolute Gasteiger partial charge is 0.215 e. The molecule has 1 aliphatic rings. The average Bonchev–Trinajstić information content (AvgIpc) is 2.82. The van der Waals surface area contributed by atoms with E-state index < -0.39 is 0 Å². The van der Waals surface area contributed by atoms with E-state index in [1.165, 1.54) is 6.42 Å². The molecule has 2 N–H and O–H groups in total. The summed E-state index contributed by atoms with van der Waals surface area (Å²) in [4.78, 5) is 11.4. The predicted octanol–water partition coefficient (Wildman–Crippen LogP) is 1.68. The van der Waals surface area contributed by atoms with Crippen LogP contribution in [0.4, 0.5) is 5.95 Å². The molecule has 1 fully saturated rings. The van der Waals surface area contributed by atoms with Gasteiger partial charge in [-0.25, -0.2) is 4.98 Å². The minimum absolute atomic E-state index is 0.341. The first-order chi connectivity index (χ1) is 9.72. The summed E-state index contributed by atoms with van der Waals surface area (Å²) in [5.74, 6) is 1.14. The van der Waals surface area contributed by atoms with Crippen molar-refractivity contribution in [1.29, 1.82) is 0 Å². The number of methoxy groups -OCH3 is 1. The highest BCUT2D eigenvalue weighted by Crippen LogP contribution is 2.29. The molecular weight excluding hydrogens is 254 g/mol. The lowest BCUT2D eigenvalue weighted by Gasteiger charge is -2.32. The molecule has 0 saturated carbocycles. The number of rotatable bonds is 3. The molecule has 3 heterocycles. The summed E-state index contributed by atoms with van der Waals surface area (Å²) in [6, 6.07) is 4.07. The molecule has 0 spiro atoms. The van der Waals surface area contributed by atoms with E-state index in [0.717, 1.165) is 37.2 Å². The first-order valence-electron chi connectivity index (χ1n) is 7.13. The van der Waals surface area contributed by atoms with Crippen LogP contribution in [-0.2, 0) is 0 Å². The maximum atomic E-state index is 6.12. The van der Waals surface area contributed by atoms with Crippen LogP contribution in [0.2, 0.25) is 0 Å². The number of likely N-dealkylation sites (N-methyl/N-ethyl adjacent to an activating group) is 1. The van der Waals surface area contributed by atoms with Gasteiger partial charge in [-0.05, 0) is 32.0 Å². The summed E-state index contributed by atoms with van der Waals surface area (Å²) in [7, 11) is 1.62. The molecule has 1 atom stereocenters. The van der Waals surface area contributed by atoms with Crippen LogP contribution in [0, 0.1) is 0 Å². The molecule has 2 aromatic rings. The molecule has 20 heavy (non-hydrogen) atoms. The number of hydrogen-bond acceptors (Lipinski definition) is 5. The molecule has 1 aliphatic heterocycles. The molecule has 1 saturated heterocycles. The van der Waals surface area contributed by atoms with Crippen molar-refractivity contribution in [3.8, 4) is 5.88 Å². The number of piperidine rings is 1. The van der Waals surface area contributed by atoms with Crippen LogP contribution in [0.15, 0.2) is 12.1 Å². The number of likely N-dealkylation sites (tertiary alicyclic amines) is 1. The maximum absolute atomic E-state index is 6.12. The number of hydrogen-bond donors (Lipinski definition) is 1. The van der Waals surface area contributed by atoms with Crippen molar-refractivity contribution in [3.63, 3.8) is 0 Å². The molecule has 108 valence electrons. The molecule has 6 nitrogen and oxygen atoms in total. The first kappa shape index (κ1) is 13.2. The summed E-state index contributed by atoms with van der Waals surface area (Å²) >= 11 is 0. The van der Waals surface area contributed by atoms with Gasteiger partial charge in [-0.3, -0.25) is 4.57 Å². The molecular formula is C14H21N5O. The number of imidazole rings is 1. The van der Waals surface area contributed by atoms with Crippen molar-refractivity contribution in [2.45, 2.75) is 25.8 Å². The van der Waals surface area contributed by atoms with Gasteiger partial charge in [0.1, 0.15) is 5.52 Å². The van der Waals surface area contributed by atoms with E-state index in [9.17, 15) is 0 Å². The zero-order valence-corrected chi connectivity index (χ0v) is 12.0. The van der Waals surface area contributed by atoms with Crippen molar-refractivity contribution in [1.82, 2.24) is 19.4 Å². The molecule has 0 amide bonds. The Morgan fingerprint density at radius 3 is 3.00 bits per heavy atom. The second-order valence-electron chi connectivity index (χ2n) is 5.23. The average molecular weight is 275 g/mol. The minimum Gasteiger partial charge on any atom is -0.481 e. The zero-order valence-electron chi connectivity index (χ0n) is 12.0. The summed E-state index contributed by atoms with van der Waals surface area (Å²) in [6.45, 7) is 5.43. The fraction of sp³-hybridized carbons (Fsp3) is 0.571. The van der Waals surface area contributed by atoms with Crippen molar-refractivity contribution >= 4 is 17.1 Å². The Morgan fingerprint density at radius 1 is 1.40 bits per heavy atom. The van der Waals surface area contributed by atoms with E-state index in [-0.39, 0.29) is 0 Å². The van der Waals surface area contributed by atoms with Crippen molar-refractivity contribution < 1.29 is 4.74 Å². The Labute approximate surface area is 118 Å². The fourth-order valence-electron chi connectivity index (χ4n) is 2.98. The molecule has 0 aromatic carbocycles. The van der Waals surface area contributed by atoms with E-state index in [4.69, 9.17) is 10.5 Å². The number of aromatic nitrogens is 3. The molecule has 6 heteroatoms. The predicted molar refractivity (Wildman–Crippen MR) is 78.9 cm³/mol. The van der Waals surface area contributed by atoms with Crippen LogP contribution in [-0.4, -0.2) is 46.2 Å². The summed E-state index contributed by atoms with van der Waals surface area (Å²) in [6.07, 6.45) is 2.30. The summed E-state index contributed by atoms with van der Waals surface area (Å²) < 4.78 is 7.28. The maximum Gasteiger partial charge on any atom is 0.215 e. The van der Waals surface area contributed by atoms with Gasteiger partial charge in [0.15, 0.2) is 5.65 Å². The van der Waals surface area contributed by atoms with E-state index in [1.807, 2.05) is 12.1 Å². The highest BCUT2D eigenvalue weighted by atomic mass is 16.5. The van der Waals surface area contributed by atoms with Gasteiger partial charge in [0, 0.05) is 12.6 Å². The van der Waals surface area contributed by atoms with Crippen molar-refractivity contribution in [3.05, 3.63) is 12.1 Å². The third kappa shape index (κ3) is 2.20. The lowest BCUT2D eigenvalue weighted by molar-refractivity contribution is 0.188. The van der Waals surface area contributed by atoms with Gasteiger partial charge in [0.05, 0.1) is 13.2 Å². The molecule has 0 aliphatic carbocycles. The second-order valence-corrected chi connectivity index (χ2v) is 5.23. The summed E-state index contributed by atoms with van der Waals surface area (Å²) in [5, 5.41) is 0. The molecule has 1 unspecified atom stereocenters. The standard InChI is InChI=1S/C14H21N5O/c1-3-18-8-4-5-10(9-18)19-13-11(16-14(19)15)6-7-12(17-13)20-2/h6-7,10H,3-5,8-9H2,1-2H3,(H2,15,16). The first-order valence-corrected chi connectivity index (χ1v) is 7.13. The number of fused-ring (bicyclic) bond motifs is 1. The van der Waals surface area contributed by atoms with Gasteiger partial charge in [-0.15, -0.1) is 0 Å². The SMILES string of the molecule is CCN1CCCC(n2c(N)nc3ccc(OC)nc32)C1. The van der Waals surface area contributed by atoms with Crippen molar-refractivity contribution in [2.24, 2.45) is 0 Å². The lowest BCUT2D eigenvalue weighted by Crippen LogP contribution is -2.36. The lowest BCUT2D eigenvalue weighted by atomic mass is 10.1. The summed E-state index contributed by atoms with van der Waals surface area (Å²) in [5.41, 5.74) is 7.77.